The van der Waals surface area contributed by atoms with Gasteiger partial charge in [-0.25, -0.2) is 14.4 Å². The summed E-state index contributed by atoms with van der Waals surface area (Å²) in [6.07, 6.45) is 3.62. The SMILES string of the molecule is O=C(c1cccs1)N1CCCC(c2ccnc(Nc3cccc(F)c3)n2)C1. The number of hydrogen-bond acceptors (Lipinski definition) is 5. The van der Waals surface area contributed by atoms with Crippen LogP contribution in [0.3, 0.4) is 0 Å². The normalized spacial score (nSPS) is 16.9. The predicted molar refractivity (Wildman–Crippen MR) is 104 cm³/mol. The minimum absolute atomic E-state index is 0.0851. The van der Waals surface area contributed by atoms with Crippen molar-refractivity contribution in [1.29, 1.82) is 0 Å². The van der Waals surface area contributed by atoms with Crippen molar-refractivity contribution < 1.29 is 9.18 Å². The highest BCUT2D eigenvalue weighted by Gasteiger charge is 2.27. The van der Waals surface area contributed by atoms with Crippen molar-refractivity contribution in [3.05, 3.63) is 70.4 Å². The van der Waals surface area contributed by atoms with Gasteiger partial charge in [0.05, 0.1) is 10.6 Å². The number of rotatable bonds is 4. The molecule has 1 fully saturated rings. The summed E-state index contributed by atoms with van der Waals surface area (Å²) in [5.74, 6) is 0.367. The molecule has 0 radical (unpaired) electrons. The Morgan fingerprint density at radius 1 is 1.26 bits per heavy atom. The molecule has 3 aromatic rings. The third kappa shape index (κ3) is 4.14. The van der Waals surface area contributed by atoms with Gasteiger partial charge in [0.2, 0.25) is 5.95 Å². The van der Waals surface area contributed by atoms with Crippen LogP contribution < -0.4 is 5.32 Å². The maximum Gasteiger partial charge on any atom is 0.263 e. The number of likely N-dealkylation sites (tertiary alicyclic amines) is 1. The molecule has 1 saturated heterocycles. The van der Waals surface area contributed by atoms with E-state index in [-0.39, 0.29) is 17.6 Å². The van der Waals surface area contributed by atoms with Crippen LogP contribution >= 0.6 is 11.3 Å². The number of carbonyl (C=O) groups is 1. The average molecular weight is 382 g/mol. The predicted octanol–water partition coefficient (Wildman–Crippen LogP) is 4.44. The van der Waals surface area contributed by atoms with Gasteiger partial charge < -0.3 is 10.2 Å². The minimum atomic E-state index is -0.314. The Morgan fingerprint density at radius 3 is 3.00 bits per heavy atom. The summed E-state index contributed by atoms with van der Waals surface area (Å²) in [5, 5.41) is 4.96. The summed E-state index contributed by atoms with van der Waals surface area (Å²) >= 11 is 1.47. The van der Waals surface area contributed by atoms with Crippen LogP contribution in [0.15, 0.2) is 54.0 Å². The van der Waals surface area contributed by atoms with E-state index < -0.39 is 0 Å². The summed E-state index contributed by atoms with van der Waals surface area (Å²) in [7, 11) is 0. The largest absolute Gasteiger partial charge is 0.337 e. The van der Waals surface area contributed by atoms with Crippen molar-refractivity contribution in [2.45, 2.75) is 18.8 Å². The number of aromatic nitrogens is 2. The molecule has 0 aliphatic carbocycles. The lowest BCUT2D eigenvalue weighted by Crippen LogP contribution is -2.39. The first kappa shape index (κ1) is 17.6. The molecule has 27 heavy (non-hydrogen) atoms. The van der Waals surface area contributed by atoms with Crippen molar-refractivity contribution in [2.75, 3.05) is 18.4 Å². The molecule has 7 heteroatoms. The fourth-order valence-corrected chi connectivity index (χ4v) is 4.01. The number of nitrogens with one attached hydrogen (secondary N) is 1. The summed E-state index contributed by atoms with van der Waals surface area (Å²) in [4.78, 5) is 24.1. The van der Waals surface area contributed by atoms with E-state index in [2.05, 4.69) is 15.3 Å². The first-order valence-corrected chi connectivity index (χ1v) is 9.75. The molecule has 1 N–H and O–H groups in total. The van der Waals surface area contributed by atoms with E-state index in [0.717, 1.165) is 30.0 Å². The minimum Gasteiger partial charge on any atom is -0.337 e. The maximum atomic E-state index is 13.4. The first-order valence-electron chi connectivity index (χ1n) is 8.87. The third-order valence-corrected chi connectivity index (χ3v) is 5.47. The van der Waals surface area contributed by atoms with Gasteiger partial charge in [0, 0.05) is 30.9 Å². The highest BCUT2D eigenvalue weighted by molar-refractivity contribution is 7.12. The quantitative estimate of drug-likeness (QED) is 0.725. The second kappa shape index (κ2) is 7.84. The summed E-state index contributed by atoms with van der Waals surface area (Å²) in [6.45, 7) is 1.42. The molecule has 1 unspecified atom stereocenters. The van der Waals surface area contributed by atoms with E-state index in [1.165, 1.54) is 23.5 Å². The Balaban J connectivity index is 1.48. The number of benzene rings is 1. The van der Waals surface area contributed by atoms with Crippen LogP contribution in [0.4, 0.5) is 16.0 Å². The summed E-state index contributed by atoms with van der Waals surface area (Å²) in [5.41, 5.74) is 1.50. The lowest BCUT2D eigenvalue weighted by Gasteiger charge is -2.32. The second-order valence-electron chi connectivity index (χ2n) is 6.51. The molecular formula is C20H19FN4OS. The van der Waals surface area contributed by atoms with Gasteiger partial charge in [-0.3, -0.25) is 4.79 Å². The number of amides is 1. The lowest BCUT2D eigenvalue weighted by molar-refractivity contribution is 0.0711. The van der Waals surface area contributed by atoms with Crippen LogP contribution in [-0.4, -0.2) is 33.9 Å². The Hall–Kier alpha value is -2.80. The monoisotopic (exact) mass is 382 g/mol. The molecule has 2 aromatic heterocycles. The van der Waals surface area contributed by atoms with E-state index >= 15 is 0 Å². The molecule has 1 aliphatic heterocycles. The standard InChI is InChI=1S/C20H19FN4OS/c21-15-5-1-6-16(12-15)23-20-22-9-8-17(24-20)14-4-2-10-25(13-14)19(26)18-7-3-11-27-18/h1,3,5-9,11-12,14H,2,4,10,13H2,(H,22,23,24). The summed E-state index contributed by atoms with van der Waals surface area (Å²) in [6, 6.07) is 11.8. The molecular weight excluding hydrogens is 363 g/mol. The molecule has 0 spiro atoms. The zero-order valence-corrected chi connectivity index (χ0v) is 15.5. The highest BCUT2D eigenvalue weighted by Crippen LogP contribution is 2.28. The molecule has 4 rings (SSSR count). The number of anilines is 2. The van der Waals surface area contributed by atoms with Crippen LogP contribution in [0.5, 0.6) is 0 Å². The highest BCUT2D eigenvalue weighted by atomic mass is 32.1. The van der Waals surface area contributed by atoms with E-state index in [0.29, 0.717) is 18.2 Å². The molecule has 1 aliphatic rings. The molecule has 0 bridgehead atoms. The number of piperidine rings is 1. The Kier molecular flexibility index (Phi) is 5.11. The van der Waals surface area contributed by atoms with Gasteiger partial charge in [0.15, 0.2) is 0 Å². The van der Waals surface area contributed by atoms with Gasteiger partial charge in [0.1, 0.15) is 5.82 Å². The van der Waals surface area contributed by atoms with Gasteiger partial charge in [-0.1, -0.05) is 12.1 Å². The fourth-order valence-electron chi connectivity index (χ4n) is 3.31. The molecule has 1 atom stereocenters. The zero-order chi connectivity index (χ0) is 18.6. The van der Waals surface area contributed by atoms with Gasteiger partial charge in [-0.15, -0.1) is 11.3 Å². The van der Waals surface area contributed by atoms with Crippen molar-refractivity contribution in [3.63, 3.8) is 0 Å². The maximum absolute atomic E-state index is 13.4. The van der Waals surface area contributed by atoms with Crippen LogP contribution in [0.1, 0.15) is 34.1 Å². The van der Waals surface area contributed by atoms with Crippen molar-refractivity contribution in [1.82, 2.24) is 14.9 Å². The van der Waals surface area contributed by atoms with E-state index in [4.69, 9.17) is 0 Å². The van der Waals surface area contributed by atoms with Crippen LogP contribution in [-0.2, 0) is 0 Å². The number of halogens is 1. The second-order valence-corrected chi connectivity index (χ2v) is 7.46. The number of hydrogen-bond donors (Lipinski definition) is 1. The van der Waals surface area contributed by atoms with E-state index in [9.17, 15) is 9.18 Å². The Bertz CT molecular complexity index is 931. The molecule has 1 amide bonds. The zero-order valence-electron chi connectivity index (χ0n) is 14.6. The third-order valence-electron chi connectivity index (χ3n) is 4.62. The first-order chi connectivity index (χ1) is 13.2. The average Bonchev–Trinajstić information content (AvgIpc) is 3.23. The number of carbonyl (C=O) groups excluding carboxylic acids is 1. The number of nitrogens with zero attached hydrogens (tertiary/aromatic N) is 3. The summed E-state index contributed by atoms with van der Waals surface area (Å²) < 4.78 is 13.4. The Morgan fingerprint density at radius 2 is 2.19 bits per heavy atom. The van der Waals surface area contributed by atoms with Gasteiger partial charge >= 0.3 is 0 Å². The van der Waals surface area contributed by atoms with Crippen molar-refractivity contribution >= 4 is 28.9 Å². The Labute approximate surface area is 160 Å². The molecule has 0 saturated carbocycles. The van der Waals surface area contributed by atoms with Crippen LogP contribution in [0.2, 0.25) is 0 Å². The molecule has 1 aromatic carbocycles. The topological polar surface area (TPSA) is 58.1 Å². The van der Waals surface area contributed by atoms with Gasteiger partial charge in [-0.05, 0) is 48.6 Å². The lowest BCUT2D eigenvalue weighted by atomic mass is 9.94. The smallest absolute Gasteiger partial charge is 0.263 e. The van der Waals surface area contributed by atoms with Crippen molar-refractivity contribution in [3.8, 4) is 0 Å². The molecule has 138 valence electrons. The van der Waals surface area contributed by atoms with Crippen LogP contribution in [0, 0.1) is 5.82 Å². The van der Waals surface area contributed by atoms with Gasteiger partial charge in [0.25, 0.3) is 5.91 Å². The van der Waals surface area contributed by atoms with E-state index in [1.54, 1.807) is 18.3 Å². The van der Waals surface area contributed by atoms with E-state index in [1.807, 2.05) is 28.5 Å². The van der Waals surface area contributed by atoms with Crippen molar-refractivity contribution in [2.24, 2.45) is 0 Å². The van der Waals surface area contributed by atoms with Crippen LogP contribution in [0.25, 0.3) is 0 Å². The van der Waals surface area contributed by atoms with Gasteiger partial charge in [-0.2, -0.15) is 0 Å². The molecule has 3 heterocycles. The fraction of sp³-hybridized carbons (Fsp3) is 0.250. The number of thiophene rings is 1. The molecule has 5 nitrogen and oxygen atoms in total.